The molecule has 0 saturated heterocycles. The monoisotopic (exact) mass is 336 g/mol. The third-order valence-corrected chi connectivity index (χ3v) is 4.26. The average molecular weight is 336 g/mol. The zero-order valence-electron chi connectivity index (χ0n) is 13.5. The Morgan fingerprint density at radius 2 is 1.96 bits per heavy atom. The van der Waals surface area contributed by atoms with Crippen molar-refractivity contribution in [2.45, 2.75) is 25.3 Å². The van der Waals surface area contributed by atoms with Crippen molar-refractivity contribution < 1.29 is 4.79 Å². The lowest BCUT2D eigenvalue weighted by molar-refractivity contribution is -0.113. The first kappa shape index (κ1) is 17.5. The minimum absolute atomic E-state index is 0.169. The molecule has 0 aliphatic heterocycles. The van der Waals surface area contributed by atoms with Gasteiger partial charge < -0.3 is 5.32 Å². The fourth-order valence-corrected chi connectivity index (χ4v) is 3.07. The van der Waals surface area contributed by atoms with Crippen molar-refractivity contribution in [1.82, 2.24) is 4.98 Å². The van der Waals surface area contributed by atoms with Crippen molar-refractivity contribution in [3.8, 4) is 12.1 Å². The highest BCUT2D eigenvalue weighted by atomic mass is 32.2. The van der Waals surface area contributed by atoms with Gasteiger partial charge in [-0.05, 0) is 43.2 Å². The van der Waals surface area contributed by atoms with Gasteiger partial charge in [0.1, 0.15) is 11.1 Å². The first-order valence-electron chi connectivity index (χ1n) is 7.30. The van der Waals surface area contributed by atoms with E-state index in [0.717, 1.165) is 16.8 Å². The number of benzene rings is 1. The van der Waals surface area contributed by atoms with Crippen LogP contribution in [0.4, 0.5) is 5.69 Å². The molecule has 0 aliphatic carbocycles. The summed E-state index contributed by atoms with van der Waals surface area (Å²) in [4.78, 5) is 16.4. The van der Waals surface area contributed by atoms with Gasteiger partial charge in [-0.2, -0.15) is 10.5 Å². The Morgan fingerprint density at radius 3 is 2.58 bits per heavy atom. The van der Waals surface area contributed by atoms with Gasteiger partial charge in [-0.3, -0.25) is 4.79 Å². The molecule has 1 N–H and O–H groups in total. The van der Waals surface area contributed by atoms with Crippen molar-refractivity contribution in [2.24, 2.45) is 0 Å². The van der Waals surface area contributed by atoms with Crippen LogP contribution in [0.2, 0.25) is 0 Å². The second-order valence-corrected chi connectivity index (χ2v) is 6.21. The number of pyridine rings is 1. The number of hydrogen-bond donors (Lipinski definition) is 1. The number of anilines is 1. The highest BCUT2D eigenvalue weighted by Crippen LogP contribution is 2.23. The molecule has 1 heterocycles. The fourth-order valence-electron chi connectivity index (χ4n) is 2.17. The lowest BCUT2D eigenvalue weighted by Crippen LogP contribution is -2.14. The first-order valence-corrected chi connectivity index (χ1v) is 8.29. The Bertz CT molecular complexity index is 832. The molecule has 1 amide bonds. The number of nitriles is 2. The van der Waals surface area contributed by atoms with Crippen LogP contribution in [0.1, 0.15) is 22.4 Å². The molecular formula is C18H16N4OS. The average Bonchev–Trinajstić information content (AvgIpc) is 2.54. The molecule has 24 heavy (non-hydrogen) atoms. The van der Waals surface area contributed by atoms with Crippen LogP contribution in [0.3, 0.4) is 0 Å². The van der Waals surface area contributed by atoms with Gasteiger partial charge in [0.05, 0.1) is 23.8 Å². The van der Waals surface area contributed by atoms with Crippen LogP contribution in [-0.2, 0) is 11.2 Å². The van der Waals surface area contributed by atoms with Gasteiger partial charge in [0.25, 0.3) is 0 Å². The summed E-state index contributed by atoms with van der Waals surface area (Å²) >= 11 is 1.25. The van der Waals surface area contributed by atoms with Crippen molar-refractivity contribution in [1.29, 1.82) is 10.5 Å². The summed E-state index contributed by atoms with van der Waals surface area (Å²) < 4.78 is 0. The van der Waals surface area contributed by atoms with E-state index < -0.39 is 0 Å². The minimum Gasteiger partial charge on any atom is -0.325 e. The predicted octanol–water partition coefficient (Wildman–Crippen LogP) is 3.37. The summed E-state index contributed by atoms with van der Waals surface area (Å²) in [5.74, 6) is 0.00252. The molecule has 0 fully saturated rings. The summed E-state index contributed by atoms with van der Waals surface area (Å²) in [5, 5.41) is 21.2. The maximum absolute atomic E-state index is 12.1. The van der Waals surface area contributed by atoms with Crippen LogP contribution in [0.5, 0.6) is 0 Å². The maximum Gasteiger partial charge on any atom is 0.234 e. The van der Waals surface area contributed by atoms with E-state index in [1.165, 1.54) is 11.8 Å². The number of nitrogens with one attached hydrogen (secondary N) is 1. The van der Waals surface area contributed by atoms with Gasteiger partial charge in [-0.25, -0.2) is 4.98 Å². The van der Waals surface area contributed by atoms with E-state index >= 15 is 0 Å². The van der Waals surface area contributed by atoms with E-state index in [0.29, 0.717) is 22.7 Å². The highest BCUT2D eigenvalue weighted by molar-refractivity contribution is 8.00. The molecule has 1 aromatic carbocycles. The molecule has 0 aliphatic rings. The molecule has 5 nitrogen and oxygen atoms in total. The van der Waals surface area contributed by atoms with Gasteiger partial charge >= 0.3 is 0 Å². The molecule has 0 saturated carbocycles. The lowest BCUT2D eigenvalue weighted by Gasteiger charge is -2.08. The number of aromatic nitrogens is 1. The van der Waals surface area contributed by atoms with Crippen LogP contribution in [0.15, 0.2) is 35.4 Å². The third-order valence-electron chi connectivity index (χ3n) is 3.28. The minimum atomic E-state index is -0.169. The summed E-state index contributed by atoms with van der Waals surface area (Å²) in [6, 6.07) is 13.2. The van der Waals surface area contributed by atoms with E-state index in [9.17, 15) is 10.1 Å². The van der Waals surface area contributed by atoms with E-state index in [1.54, 1.807) is 12.1 Å². The summed E-state index contributed by atoms with van der Waals surface area (Å²) in [5.41, 5.74) is 3.78. The van der Waals surface area contributed by atoms with E-state index in [-0.39, 0.29) is 11.7 Å². The summed E-state index contributed by atoms with van der Waals surface area (Å²) in [7, 11) is 0. The topological polar surface area (TPSA) is 89.6 Å². The maximum atomic E-state index is 12.1. The molecule has 0 spiro atoms. The molecule has 1 aromatic heterocycles. The number of hydrogen-bond acceptors (Lipinski definition) is 5. The smallest absolute Gasteiger partial charge is 0.234 e. The third kappa shape index (κ3) is 4.58. The SMILES string of the molecule is Cc1cc(C)c(C#N)c(SCC(=O)Nc2ccc(CC#N)cc2)n1. The Balaban J connectivity index is 1.99. The van der Waals surface area contributed by atoms with Crippen LogP contribution in [-0.4, -0.2) is 16.6 Å². The van der Waals surface area contributed by atoms with Crippen LogP contribution in [0.25, 0.3) is 0 Å². The molecule has 2 aromatic rings. The number of nitrogens with zero attached hydrogens (tertiary/aromatic N) is 3. The summed E-state index contributed by atoms with van der Waals surface area (Å²) in [6.07, 6.45) is 0.347. The van der Waals surface area contributed by atoms with Crippen molar-refractivity contribution >= 4 is 23.4 Å². The zero-order valence-corrected chi connectivity index (χ0v) is 14.3. The van der Waals surface area contributed by atoms with E-state index in [2.05, 4.69) is 22.4 Å². The molecular weight excluding hydrogens is 320 g/mol. The van der Waals surface area contributed by atoms with Crippen molar-refractivity contribution in [3.63, 3.8) is 0 Å². The van der Waals surface area contributed by atoms with Crippen LogP contribution < -0.4 is 5.32 Å². The normalized spacial score (nSPS) is 9.83. The summed E-state index contributed by atoms with van der Waals surface area (Å²) in [6.45, 7) is 3.72. The second-order valence-electron chi connectivity index (χ2n) is 5.24. The zero-order chi connectivity index (χ0) is 17.5. The fraction of sp³-hybridized carbons (Fsp3) is 0.222. The molecule has 0 atom stereocenters. The van der Waals surface area contributed by atoms with Crippen LogP contribution >= 0.6 is 11.8 Å². The largest absolute Gasteiger partial charge is 0.325 e. The van der Waals surface area contributed by atoms with Gasteiger partial charge in [-0.15, -0.1) is 0 Å². The predicted molar refractivity (Wildman–Crippen MR) is 93.5 cm³/mol. The molecule has 2 rings (SSSR count). The number of aryl methyl sites for hydroxylation is 2. The molecule has 0 unspecified atom stereocenters. The Labute approximate surface area is 145 Å². The Hall–Kier alpha value is -2.83. The highest BCUT2D eigenvalue weighted by Gasteiger charge is 2.11. The first-order chi connectivity index (χ1) is 11.5. The van der Waals surface area contributed by atoms with Crippen LogP contribution in [0, 0.1) is 36.5 Å². The van der Waals surface area contributed by atoms with E-state index in [1.807, 2.05) is 32.0 Å². The Morgan fingerprint density at radius 1 is 1.25 bits per heavy atom. The quantitative estimate of drug-likeness (QED) is 0.846. The molecule has 0 bridgehead atoms. The van der Waals surface area contributed by atoms with Gasteiger partial charge in [0.2, 0.25) is 5.91 Å². The number of rotatable bonds is 5. The standard InChI is InChI=1S/C18H16N4OS/c1-12-9-13(2)21-18(16(12)10-20)24-11-17(23)22-15-5-3-14(4-6-15)7-8-19/h3-6,9H,7,11H2,1-2H3,(H,22,23). The molecule has 6 heteroatoms. The van der Waals surface area contributed by atoms with Gasteiger partial charge in [0, 0.05) is 11.4 Å². The number of thioether (sulfide) groups is 1. The van der Waals surface area contributed by atoms with Crippen molar-refractivity contribution in [2.75, 3.05) is 11.1 Å². The number of carbonyl (C=O) groups excluding carboxylic acids is 1. The second kappa shape index (κ2) is 8.14. The number of carbonyl (C=O) groups is 1. The Kier molecular flexibility index (Phi) is 5.95. The van der Waals surface area contributed by atoms with Gasteiger partial charge in [-0.1, -0.05) is 23.9 Å². The van der Waals surface area contributed by atoms with Gasteiger partial charge in [0.15, 0.2) is 0 Å². The lowest BCUT2D eigenvalue weighted by atomic mass is 10.1. The van der Waals surface area contributed by atoms with Crippen molar-refractivity contribution in [3.05, 3.63) is 52.7 Å². The van der Waals surface area contributed by atoms with E-state index in [4.69, 9.17) is 5.26 Å². The molecule has 120 valence electrons. The molecule has 0 radical (unpaired) electrons. The number of amides is 1.